The number of hydrogen-bond donors (Lipinski definition) is 1. The molecule has 2 aromatic carbocycles. The van der Waals surface area contributed by atoms with E-state index in [1.165, 1.54) is 0 Å². The summed E-state index contributed by atoms with van der Waals surface area (Å²) in [5, 5.41) is 3.43. The van der Waals surface area contributed by atoms with E-state index in [1.807, 2.05) is 48.5 Å². The summed E-state index contributed by atoms with van der Waals surface area (Å²) in [5.74, 6) is -0.113. The maximum absolute atomic E-state index is 12.1. The number of hydrogen-bond acceptors (Lipinski definition) is 2. The first kappa shape index (κ1) is 18.0. The van der Waals surface area contributed by atoms with Gasteiger partial charge in [0, 0.05) is 31.6 Å². The van der Waals surface area contributed by atoms with Crippen LogP contribution in [0.2, 0.25) is 5.02 Å². The first-order valence-electron chi connectivity index (χ1n) is 7.84. The zero-order valence-corrected chi connectivity index (χ0v) is 14.4. The number of amides is 2. The summed E-state index contributed by atoms with van der Waals surface area (Å²) in [4.78, 5) is 25.6. The van der Waals surface area contributed by atoms with Crippen molar-refractivity contribution in [3.8, 4) is 0 Å². The molecule has 0 atom stereocenters. The highest BCUT2D eigenvalue weighted by Crippen LogP contribution is 2.16. The van der Waals surface area contributed by atoms with Crippen LogP contribution in [0, 0.1) is 0 Å². The molecule has 0 heterocycles. The van der Waals surface area contributed by atoms with Gasteiger partial charge in [0.05, 0.1) is 6.42 Å². The fourth-order valence-electron chi connectivity index (χ4n) is 2.31. The van der Waals surface area contributed by atoms with Crippen molar-refractivity contribution in [3.05, 3.63) is 70.7 Å². The molecule has 126 valence electrons. The molecular weight excluding hydrogens is 324 g/mol. The second kappa shape index (κ2) is 9.08. The monoisotopic (exact) mass is 344 g/mol. The van der Waals surface area contributed by atoms with Crippen LogP contribution in [0.5, 0.6) is 0 Å². The molecule has 2 rings (SSSR count). The smallest absolute Gasteiger partial charge is 0.224 e. The van der Waals surface area contributed by atoms with Crippen LogP contribution in [0.4, 0.5) is 0 Å². The van der Waals surface area contributed by atoms with E-state index in [0.717, 1.165) is 11.1 Å². The van der Waals surface area contributed by atoms with E-state index in [2.05, 4.69) is 5.32 Å². The molecule has 0 aromatic heterocycles. The largest absolute Gasteiger partial charge is 0.355 e. The maximum Gasteiger partial charge on any atom is 0.224 e. The van der Waals surface area contributed by atoms with Crippen LogP contribution >= 0.6 is 11.6 Å². The van der Waals surface area contributed by atoms with E-state index in [4.69, 9.17) is 11.6 Å². The number of nitrogens with one attached hydrogen (secondary N) is 1. The van der Waals surface area contributed by atoms with Crippen LogP contribution in [0.3, 0.4) is 0 Å². The molecule has 4 nitrogen and oxygen atoms in total. The molecule has 0 aliphatic carbocycles. The van der Waals surface area contributed by atoms with Crippen molar-refractivity contribution in [1.82, 2.24) is 10.2 Å². The SMILES string of the molecule is CN(Cc1ccccc1Cl)C(=O)CCNC(=O)Cc1ccccc1. The Morgan fingerprint density at radius 3 is 2.42 bits per heavy atom. The Hall–Kier alpha value is -2.33. The van der Waals surface area contributed by atoms with E-state index < -0.39 is 0 Å². The normalized spacial score (nSPS) is 10.2. The lowest BCUT2D eigenvalue weighted by molar-refractivity contribution is -0.130. The summed E-state index contributed by atoms with van der Waals surface area (Å²) >= 11 is 6.10. The van der Waals surface area contributed by atoms with Crippen molar-refractivity contribution in [2.75, 3.05) is 13.6 Å². The van der Waals surface area contributed by atoms with Gasteiger partial charge in [-0.15, -0.1) is 0 Å². The minimum atomic E-state index is -0.0808. The lowest BCUT2D eigenvalue weighted by atomic mass is 10.1. The quantitative estimate of drug-likeness (QED) is 0.839. The molecule has 0 fully saturated rings. The Morgan fingerprint density at radius 1 is 1.04 bits per heavy atom. The highest BCUT2D eigenvalue weighted by atomic mass is 35.5. The third-order valence-corrected chi connectivity index (χ3v) is 4.03. The second-order valence-corrected chi connectivity index (χ2v) is 6.01. The molecule has 0 saturated heterocycles. The topological polar surface area (TPSA) is 49.4 Å². The highest BCUT2D eigenvalue weighted by molar-refractivity contribution is 6.31. The number of halogens is 1. The average molecular weight is 345 g/mol. The molecule has 0 spiro atoms. The predicted molar refractivity (Wildman–Crippen MR) is 95.7 cm³/mol. The molecule has 2 amide bonds. The van der Waals surface area contributed by atoms with Crippen LogP contribution in [0.15, 0.2) is 54.6 Å². The van der Waals surface area contributed by atoms with Gasteiger partial charge in [-0.2, -0.15) is 0 Å². The summed E-state index contributed by atoms with van der Waals surface area (Å²) in [7, 11) is 1.73. The molecule has 24 heavy (non-hydrogen) atoms. The van der Waals surface area contributed by atoms with E-state index in [9.17, 15) is 9.59 Å². The van der Waals surface area contributed by atoms with Gasteiger partial charge >= 0.3 is 0 Å². The van der Waals surface area contributed by atoms with Gasteiger partial charge in [-0.3, -0.25) is 9.59 Å². The lowest BCUT2D eigenvalue weighted by Crippen LogP contribution is -2.32. The molecule has 0 radical (unpaired) electrons. The summed E-state index contributed by atoms with van der Waals surface area (Å²) < 4.78 is 0. The Labute approximate surface area is 147 Å². The summed E-state index contributed by atoms with van der Waals surface area (Å²) in [6.07, 6.45) is 0.589. The zero-order chi connectivity index (χ0) is 17.4. The van der Waals surface area contributed by atoms with Crippen molar-refractivity contribution in [3.63, 3.8) is 0 Å². The van der Waals surface area contributed by atoms with Crippen molar-refractivity contribution in [2.24, 2.45) is 0 Å². The second-order valence-electron chi connectivity index (χ2n) is 5.60. The fraction of sp³-hybridized carbons (Fsp3) is 0.263. The molecule has 0 aliphatic heterocycles. The molecule has 0 unspecified atom stereocenters. The Balaban J connectivity index is 1.72. The average Bonchev–Trinajstić information content (AvgIpc) is 2.57. The molecular formula is C19H21ClN2O2. The van der Waals surface area contributed by atoms with Crippen LogP contribution in [-0.4, -0.2) is 30.3 Å². The van der Waals surface area contributed by atoms with Crippen LogP contribution in [-0.2, 0) is 22.6 Å². The summed E-state index contributed by atoms with van der Waals surface area (Å²) in [5.41, 5.74) is 1.86. The van der Waals surface area contributed by atoms with Gasteiger partial charge in [0.25, 0.3) is 0 Å². The summed E-state index contributed by atoms with van der Waals surface area (Å²) in [6.45, 7) is 0.786. The molecule has 1 N–H and O–H groups in total. The highest BCUT2D eigenvalue weighted by Gasteiger charge is 2.11. The first-order chi connectivity index (χ1) is 11.6. The van der Waals surface area contributed by atoms with Crippen LogP contribution in [0.1, 0.15) is 17.5 Å². The third-order valence-electron chi connectivity index (χ3n) is 3.66. The predicted octanol–water partition coefficient (Wildman–Crippen LogP) is 3.05. The standard InChI is InChI=1S/C19H21ClN2O2/c1-22(14-16-9-5-6-10-17(16)20)19(24)11-12-21-18(23)13-15-7-3-2-4-8-15/h2-10H,11-14H2,1H3,(H,21,23). The third kappa shape index (κ3) is 5.70. The molecule has 0 aliphatic rings. The lowest BCUT2D eigenvalue weighted by Gasteiger charge is -2.18. The van der Waals surface area contributed by atoms with Crippen molar-refractivity contribution < 1.29 is 9.59 Å². The van der Waals surface area contributed by atoms with Gasteiger partial charge in [-0.25, -0.2) is 0 Å². The number of carbonyl (C=O) groups excluding carboxylic acids is 2. The number of benzene rings is 2. The van der Waals surface area contributed by atoms with Crippen molar-refractivity contribution in [2.45, 2.75) is 19.4 Å². The van der Waals surface area contributed by atoms with E-state index in [-0.39, 0.29) is 18.2 Å². The first-order valence-corrected chi connectivity index (χ1v) is 8.22. The fourth-order valence-corrected chi connectivity index (χ4v) is 2.51. The minimum Gasteiger partial charge on any atom is -0.355 e. The zero-order valence-electron chi connectivity index (χ0n) is 13.7. The van der Waals surface area contributed by atoms with Gasteiger partial charge in [0.2, 0.25) is 11.8 Å². The van der Waals surface area contributed by atoms with E-state index in [1.54, 1.807) is 18.0 Å². The minimum absolute atomic E-state index is 0.0325. The van der Waals surface area contributed by atoms with Gasteiger partial charge in [0.15, 0.2) is 0 Å². The summed E-state index contributed by atoms with van der Waals surface area (Å²) in [6, 6.07) is 17.0. The van der Waals surface area contributed by atoms with Gasteiger partial charge < -0.3 is 10.2 Å². The maximum atomic E-state index is 12.1. The molecule has 0 bridgehead atoms. The number of nitrogens with zero attached hydrogens (tertiary/aromatic N) is 1. The number of rotatable bonds is 7. The van der Waals surface area contributed by atoms with Crippen molar-refractivity contribution >= 4 is 23.4 Å². The van der Waals surface area contributed by atoms with E-state index in [0.29, 0.717) is 24.5 Å². The van der Waals surface area contributed by atoms with Gasteiger partial charge in [-0.05, 0) is 17.2 Å². The van der Waals surface area contributed by atoms with E-state index >= 15 is 0 Å². The van der Waals surface area contributed by atoms with Gasteiger partial charge in [0.1, 0.15) is 0 Å². The Morgan fingerprint density at radius 2 is 1.71 bits per heavy atom. The number of carbonyl (C=O) groups is 2. The van der Waals surface area contributed by atoms with Gasteiger partial charge in [-0.1, -0.05) is 60.1 Å². The van der Waals surface area contributed by atoms with Crippen molar-refractivity contribution in [1.29, 1.82) is 0 Å². The Kier molecular flexibility index (Phi) is 6.82. The van der Waals surface area contributed by atoms with Crippen LogP contribution in [0.25, 0.3) is 0 Å². The van der Waals surface area contributed by atoms with Crippen LogP contribution < -0.4 is 5.32 Å². The Bertz CT molecular complexity index is 689. The molecule has 0 saturated carbocycles. The molecule has 2 aromatic rings. The molecule has 5 heteroatoms.